The fourth-order valence-electron chi connectivity index (χ4n) is 3.41. The molecular weight excluding hydrogens is 352 g/mol. The average Bonchev–Trinajstić information content (AvgIpc) is 3.36. The van der Waals surface area contributed by atoms with E-state index in [2.05, 4.69) is 15.1 Å². The maximum Gasteiger partial charge on any atom is 0.341 e. The minimum Gasteiger partial charge on any atom is -0.468 e. The molecule has 27 heavy (non-hydrogen) atoms. The van der Waals surface area contributed by atoms with E-state index in [1.54, 1.807) is 18.7 Å². The largest absolute Gasteiger partial charge is 0.468 e. The molecule has 0 aromatic carbocycles. The predicted molar refractivity (Wildman–Crippen MR) is 94.7 cm³/mol. The molecule has 142 valence electrons. The number of nitrogens with one attached hydrogen (secondary N) is 1. The van der Waals surface area contributed by atoms with E-state index < -0.39 is 5.97 Å². The molecule has 1 aromatic rings. The van der Waals surface area contributed by atoms with Crippen LogP contribution in [0.25, 0.3) is 11.3 Å². The van der Waals surface area contributed by atoms with E-state index in [0.717, 1.165) is 18.8 Å². The van der Waals surface area contributed by atoms with E-state index >= 15 is 0 Å². The molecule has 0 amide bonds. The van der Waals surface area contributed by atoms with Gasteiger partial charge in [-0.05, 0) is 12.1 Å². The monoisotopic (exact) mass is 372 g/mol. The third kappa shape index (κ3) is 3.38. The number of H-pyrrole nitrogens is 1. The first kappa shape index (κ1) is 17.5. The van der Waals surface area contributed by atoms with Gasteiger partial charge < -0.3 is 18.5 Å². The molecule has 0 saturated carbocycles. The number of furan rings is 1. The van der Waals surface area contributed by atoms with Crippen molar-refractivity contribution in [3.8, 4) is 11.3 Å². The molecule has 1 atom stereocenters. The maximum atomic E-state index is 12.2. The standard InChI is InChI=1S/C18H20N4O5/c1-25-18(24)13-10-21(9-12-16(13)19-20-17(12)23)11-14(15-3-2-6-27-15)22-4-7-26-8-5-22/h2-3,6,9-10,14H,4-5,7-8,11H2,1H3,(H,20,23)/t14-/m0/s1. The second-order valence-corrected chi connectivity index (χ2v) is 6.35. The zero-order valence-electron chi connectivity index (χ0n) is 14.9. The molecule has 9 nitrogen and oxygen atoms in total. The second-order valence-electron chi connectivity index (χ2n) is 6.35. The molecule has 1 aromatic heterocycles. The summed E-state index contributed by atoms with van der Waals surface area (Å²) in [5.41, 5.74) is 0.557. The lowest BCUT2D eigenvalue weighted by atomic mass is 10.1. The lowest BCUT2D eigenvalue weighted by Gasteiger charge is -2.33. The smallest absolute Gasteiger partial charge is 0.341 e. The predicted octanol–water partition coefficient (Wildman–Crippen LogP) is 1.13. The molecule has 0 spiro atoms. The van der Waals surface area contributed by atoms with Gasteiger partial charge in [0, 0.05) is 32.0 Å². The Morgan fingerprint density at radius 3 is 2.89 bits per heavy atom. The van der Waals surface area contributed by atoms with Crippen molar-refractivity contribution in [1.82, 2.24) is 19.7 Å². The number of rotatable bonds is 5. The molecule has 1 saturated heterocycles. The van der Waals surface area contributed by atoms with Gasteiger partial charge in [-0.2, -0.15) is 5.10 Å². The van der Waals surface area contributed by atoms with E-state index in [1.807, 2.05) is 16.7 Å². The normalized spacial score (nSPS) is 16.5. The molecule has 3 aliphatic heterocycles. The number of morpholine rings is 1. The Labute approximate surface area is 154 Å². The summed E-state index contributed by atoms with van der Waals surface area (Å²) in [5, 5.41) is 6.35. The van der Waals surface area contributed by atoms with Gasteiger partial charge in [0.15, 0.2) is 0 Å². The molecule has 1 N–H and O–H groups in total. The molecule has 0 bridgehead atoms. The number of ether oxygens (including phenoxy) is 2. The molecular formula is C18H20N4O5. The summed E-state index contributed by atoms with van der Waals surface area (Å²) in [5.74, 6) is 0.278. The molecule has 3 aliphatic rings. The zero-order chi connectivity index (χ0) is 18.8. The summed E-state index contributed by atoms with van der Waals surface area (Å²) >= 11 is 0. The number of pyridine rings is 1. The summed E-state index contributed by atoms with van der Waals surface area (Å²) < 4.78 is 17.8. The van der Waals surface area contributed by atoms with Crippen LogP contribution in [0.1, 0.15) is 22.2 Å². The van der Waals surface area contributed by atoms with Gasteiger partial charge in [0.05, 0.1) is 38.2 Å². The number of hydrogen-bond acceptors (Lipinski definition) is 7. The van der Waals surface area contributed by atoms with Crippen LogP contribution in [0, 0.1) is 0 Å². The molecule has 4 heterocycles. The Morgan fingerprint density at radius 1 is 1.37 bits per heavy atom. The Kier molecular flexibility index (Phi) is 4.78. The molecule has 0 unspecified atom stereocenters. The van der Waals surface area contributed by atoms with Gasteiger partial charge in [-0.3, -0.25) is 9.69 Å². The van der Waals surface area contributed by atoms with Crippen LogP contribution in [-0.4, -0.2) is 59.0 Å². The van der Waals surface area contributed by atoms with Gasteiger partial charge in [-0.25, -0.2) is 9.89 Å². The van der Waals surface area contributed by atoms with Gasteiger partial charge >= 0.3 is 5.97 Å². The quantitative estimate of drug-likeness (QED) is 0.670. The van der Waals surface area contributed by atoms with Gasteiger partial charge in [0.2, 0.25) is 0 Å². The van der Waals surface area contributed by atoms with E-state index in [4.69, 9.17) is 13.9 Å². The van der Waals surface area contributed by atoms with Crippen molar-refractivity contribution in [3.63, 3.8) is 0 Å². The zero-order valence-corrected chi connectivity index (χ0v) is 14.9. The molecule has 0 aliphatic carbocycles. The van der Waals surface area contributed by atoms with E-state index in [-0.39, 0.29) is 17.2 Å². The highest BCUT2D eigenvalue weighted by molar-refractivity contribution is 5.95. The van der Waals surface area contributed by atoms with Gasteiger partial charge in [0.25, 0.3) is 5.56 Å². The number of nitrogens with zero attached hydrogens (tertiary/aromatic N) is 3. The van der Waals surface area contributed by atoms with Crippen LogP contribution in [0.15, 0.2) is 40.0 Å². The van der Waals surface area contributed by atoms with Crippen LogP contribution in [0.3, 0.4) is 0 Å². The molecule has 1 fully saturated rings. The maximum absolute atomic E-state index is 12.2. The van der Waals surface area contributed by atoms with E-state index in [1.165, 1.54) is 7.11 Å². The van der Waals surface area contributed by atoms with Crippen molar-refractivity contribution >= 4 is 5.97 Å². The number of esters is 1. The van der Waals surface area contributed by atoms with Gasteiger partial charge in [0.1, 0.15) is 17.0 Å². The number of methoxy groups -OCH3 is 1. The minimum atomic E-state index is -0.540. The van der Waals surface area contributed by atoms with Crippen LogP contribution in [0.2, 0.25) is 0 Å². The Morgan fingerprint density at radius 2 is 2.19 bits per heavy atom. The lowest BCUT2D eigenvalue weighted by molar-refractivity contribution is 0.00746. The third-order valence-corrected chi connectivity index (χ3v) is 4.76. The van der Waals surface area contributed by atoms with Crippen molar-refractivity contribution in [2.24, 2.45) is 0 Å². The van der Waals surface area contributed by atoms with E-state index in [0.29, 0.717) is 31.0 Å². The topological polar surface area (TPSA) is 103 Å². The van der Waals surface area contributed by atoms with Crippen LogP contribution in [0.5, 0.6) is 0 Å². The van der Waals surface area contributed by atoms with E-state index in [9.17, 15) is 9.59 Å². The van der Waals surface area contributed by atoms with Crippen LogP contribution in [0.4, 0.5) is 0 Å². The molecule has 4 rings (SSSR count). The summed E-state index contributed by atoms with van der Waals surface area (Å²) in [6, 6.07) is 3.72. The number of carbonyl (C=O) groups is 1. The Hall–Kier alpha value is -2.91. The number of aromatic amines is 1. The highest BCUT2D eigenvalue weighted by Gasteiger charge is 2.27. The van der Waals surface area contributed by atoms with Crippen molar-refractivity contribution < 1.29 is 18.7 Å². The van der Waals surface area contributed by atoms with Crippen molar-refractivity contribution in [1.29, 1.82) is 0 Å². The second kappa shape index (κ2) is 7.37. The highest BCUT2D eigenvalue weighted by atomic mass is 16.5. The summed E-state index contributed by atoms with van der Waals surface area (Å²) in [6.07, 6.45) is 5.00. The number of aromatic nitrogens is 3. The fraction of sp³-hybridized carbons (Fsp3) is 0.389. The lowest BCUT2D eigenvalue weighted by Crippen LogP contribution is -2.40. The summed E-state index contributed by atoms with van der Waals surface area (Å²) in [7, 11) is 1.30. The molecule has 9 heteroatoms. The first-order valence-electron chi connectivity index (χ1n) is 8.69. The first-order valence-corrected chi connectivity index (χ1v) is 8.69. The molecule has 0 radical (unpaired) electrons. The van der Waals surface area contributed by atoms with Gasteiger partial charge in [-0.15, -0.1) is 0 Å². The summed E-state index contributed by atoms with van der Waals surface area (Å²) in [4.78, 5) is 26.5. The Bertz CT molecular complexity index is 939. The highest BCUT2D eigenvalue weighted by Crippen LogP contribution is 2.27. The summed E-state index contributed by atoms with van der Waals surface area (Å²) in [6.45, 7) is 3.35. The number of carbonyl (C=O) groups excluding carboxylic acids is 1. The fourth-order valence-corrected chi connectivity index (χ4v) is 3.41. The van der Waals surface area contributed by atoms with Crippen LogP contribution < -0.4 is 5.56 Å². The van der Waals surface area contributed by atoms with Crippen molar-refractivity contribution in [2.75, 3.05) is 33.4 Å². The minimum absolute atomic E-state index is 0.0566. The number of fused-ring (bicyclic) bond motifs is 1. The van der Waals surface area contributed by atoms with Crippen LogP contribution in [-0.2, 0) is 16.0 Å². The Balaban J connectivity index is 1.73. The number of hydrogen-bond donors (Lipinski definition) is 1. The van der Waals surface area contributed by atoms with Crippen molar-refractivity contribution in [2.45, 2.75) is 12.6 Å². The van der Waals surface area contributed by atoms with Crippen LogP contribution >= 0.6 is 0 Å². The van der Waals surface area contributed by atoms with Gasteiger partial charge in [-0.1, -0.05) is 0 Å². The first-order chi connectivity index (χ1) is 13.2. The third-order valence-electron chi connectivity index (χ3n) is 4.76. The van der Waals surface area contributed by atoms with Crippen molar-refractivity contribution in [3.05, 3.63) is 52.5 Å². The SMILES string of the molecule is COC(=O)c1cn(C[C@@H](c2ccco2)N2CCOCC2)cc2c(=O)[nH]nc1-2. The average molecular weight is 372 g/mol.